The molecule has 116 valence electrons. The number of rotatable bonds is 4. The van der Waals surface area contributed by atoms with Crippen LogP contribution in [0.2, 0.25) is 0 Å². The lowest BCUT2D eigenvalue weighted by Crippen LogP contribution is -2.09. The molecule has 1 N–H and O–H groups in total. The third-order valence-corrected chi connectivity index (χ3v) is 5.60. The molecule has 0 radical (unpaired) electrons. The van der Waals surface area contributed by atoms with Crippen LogP contribution in [0, 0.1) is 5.82 Å². The third kappa shape index (κ3) is 3.04. The molecule has 3 nitrogen and oxygen atoms in total. The molecule has 2 aromatic heterocycles. The zero-order chi connectivity index (χ0) is 15.8. The summed E-state index contributed by atoms with van der Waals surface area (Å²) in [4.78, 5) is 18.0. The number of hydrogen-bond acceptors (Lipinski definition) is 4. The number of carbonyl (C=O) groups excluding carboxylic acids is 1. The Bertz CT molecular complexity index is 867. The largest absolute Gasteiger partial charge is 0.297 e. The fraction of sp³-hybridized carbons (Fsp3) is 0.176. The summed E-state index contributed by atoms with van der Waals surface area (Å²) in [5.41, 5.74) is 1.59. The predicted octanol–water partition coefficient (Wildman–Crippen LogP) is 5.14. The highest BCUT2D eigenvalue weighted by Crippen LogP contribution is 2.41. The minimum absolute atomic E-state index is 0.200. The highest BCUT2D eigenvalue weighted by Gasteiger charge is 2.26. The molecule has 23 heavy (non-hydrogen) atoms. The van der Waals surface area contributed by atoms with Crippen molar-refractivity contribution in [3.63, 3.8) is 0 Å². The second-order valence-corrected chi connectivity index (χ2v) is 7.39. The van der Waals surface area contributed by atoms with E-state index in [0.29, 0.717) is 21.5 Å². The number of aromatic nitrogens is 1. The topological polar surface area (TPSA) is 42.0 Å². The number of nitrogens with zero attached hydrogens (tertiary/aromatic N) is 1. The van der Waals surface area contributed by atoms with Gasteiger partial charge in [-0.05, 0) is 31.0 Å². The van der Waals surface area contributed by atoms with Crippen LogP contribution in [0.25, 0.3) is 10.4 Å². The zero-order valence-electron chi connectivity index (χ0n) is 12.1. The number of nitrogens with one attached hydrogen (secondary N) is 1. The molecule has 1 amide bonds. The maximum Gasteiger partial charge on any atom is 0.267 e. The second kappa shape index (κ2) is 5.86. The van der Waals surface area contributed by atoms with E-state index >= 15 is 0 Å². The molecule has 6 heteroatoms. The van der Waals surface area contributed by atoms with Crippen LogP contribution in [0.1, 0.15) is 34.1 Å². The molecular weight excluding hydrogens is 331 g/mol. The zero-order valence-corrected chi connectivity index (χ0v) is 13.7. The lowest BCUT2D eigenvalue weighted by molar-refractivity contribution is 0.103. The van der Waals surface area contributed by atoms with Gasteiger partial charge in [0.1, 0.15) is 5.82 Å². The first-order valence-corrected chi connectivity index (χ1v) is 9.02. The van der Waals surface area contributed by atoms with Gasteiger partial charge >= 0.3 is 0 Å². The fourth-order valence-electron chi connectivity index (χ4n) is 2.33. The summed E-state index contributed by atoms with van der Waals surface area (Å²) in [5, 5.41) is 5.46. The van der Waals surface area contributed by atoms with Gasteiger partial charge < -0.3 is 0 Å². The Hall–Kier alpha value is -2.05. The number of hydrogen-bond donors (Lipinski definition) is 1. The maximum atomic E-state index is 13.8. The van der Waals surface area contributed by atoms with Gasteiger partial charge in [0.05, 0.1) is 10.6 Å². The highest BCUT2D eigenvalue weighted by molar-refractivity contribution is 7.17. The van der Waals surface area contributed by atoms with Crippen molar-refractivity contribution in [2.24, 2.45) is 0 Å². The summed E-state index contributed by atoms with van der Waals surface area (Å²) in [6.07, 6.45) is 2.38. The van der Waals surface area contributed by atoms with Gasteiger partial charge in [0.25, 0.3) is 5.91 Å². The minimum Gasteiger partial charge on any atom is -0.297 e. The van der Waals surface area contributed by atoms with Crippen LogP contribution in [-0.2, 0) is 0 Å². The van der Waals surface area contributed by atoms with Crippen molar-refractivity contribution in [1.29, 1.82) is 0 Å². The first kappa shape index (κ1) is 14.5. The standard InChI is InChI=1S/C17H13FN2OS2/c18-12-4-2-1-3-11(12)14-7-8-15(23-14)16(21)20-17-19-13(9-22-17)10-5-6-10/h1-4,7-10H,5-6H2,(H,19,20,21). The number of carbonyl (C=O) groups is 1. The van der Waals surface area contributed by atoms with Crippen molar-refractivity contribution in [2.45, 2.75) is 18.8 Å². The number of amides is 1. The van der Waals surface area contributed by atoms with Crippen LogP contribution in [0.4, 0.5) is 9.52 Å². The maximum absolute atomic E-state index is 13.8. The molecule has 0 bridgehead atoms. The Morgan fingerprint density at radius 2 is 2.04 bits per heavy atom. The van der Waals surface area contributed by atoms with E-state index in [9.17, 15) is 9.18 Å². The Labute approximate surface area is 140 Å². The van der Waals surface area contributed by atoms with Gasteiger partial charge in [0, 0.05) is 21.7 Å². The molecular formula is C17H13FN2OS2. The van der Waals surface area contributed by atoms with Crippen molar-refractivity contribution in [1.82, 2.24) is 4.98 Å². The number of benzene rings is 1. The van der Waals surface area contributed by atoms with Gasteiger partial charge in [0.15, 0.2) is 5.13 Å². The SMILES string of the molecule is O=C(Nc1nc(C2CC2)cs1)c1ccc(-c2ccccc2F)s1. The summed E-state index contributed by atoms with van der Waals surface area (Å²) in [6.45, 7) is 0. The molecule has 0 aliphatic heterocycles. The van der Waals surface area contributed by atoms with Crippen LogP contribution in [0.15, 0.2) is 41.8 Å². The average molecular weight is 344 g/mol. The van der Waals surface area contributed by atoms with E-state index in [-0.39, 0.29) is 11.7 Å². The highest BCUT2D eigenvalue weighted by atomic mass is 32.1. The molecule has 2 heterocycles. The van der Waals surface area contributed by atoms with E-state index in [0.717, 1.165) is 10.6 Å². The first-order valence-electron chi connectivity index (χ1n) is 7.32. The van der Waals surface area contributed by atoms with E-state index in [1.54, 1.807) is 30.3 Å². The van der Waals surface area contributed by atoms with Gasteiger partial charge in [-0.3, -0.25) is 10.1 Å². The summed E-state index contributed by atoms with van der Waals surface area (Å²) in [6, 6.07) is 10.1. The Morgan fingerprint density at radius 3 is 2.83 bits per heavy atom. The van der Waals surface area contributed by atoms with E-state index in [4.69, 9.17) is 0 Å². The fourth-order valence-corrected chi connectivity index (χ4v) is 4.05. The van der Waals surface area contributed by atoms with Crippen LogP contribution >= 0.6 is 22.7 Å². The molecule has 3 aromatic rings. The van der Waals surface area contributed by atoms with Crippen molar-refractivity contribution < 1.29 is 9.18 Å². The molecule has 1 aliphatic carbocycles. The molecule has 0 unspecified atom stereocenters. The van der Waals surface area contributed by atoms with E-state index < -0.39 is 0 Å². The van der Waals surface area contributed by atoms with Crippen LogP contribution in [0.5, 0.6) is 0 Å². The van der Waals surface area contributed by atoms with Gasteiger partial charge in [-0.2, -0.15) is 0 Å². The minimum atomic E-state index is -0.282. The lowest BCUT2D eigenvalue weighted by atomic mass is 10.2. The number of halogens is 1. The van der Waals surface area contributed by atoms with Crippen molar-refractivity contribution in [3.8, 4) is 10.4 Å². The van der Waals surface area contributed by atoms with Gasteiger partial charge in [-0.1, -0.05) is 18.2 Å². The summed E-state index contributed by atoms with van der Waals surface area (Å²) in [5.74, 6) is 0.0934. The predicted molar refractivity (Wildman–Crippen MR) is 91.8 cm³/mol. The molecule has 1 saturated carbocycles. The Balaban J connectivity index is 1.51. The first-order chi connectivity index (χ1) is 11.2. The average Bonchev–Trinajstić information content (AvgIpc) is 3.09. The smallest absolute Gasteiger partial charge is 0.267 e. The molecule has 0 spiro atoms. The molecule has 1 aromatic carbocycles. The second-order valence-electron chi connectivity index (χ2n) is 5.45. The molecule has 0 saturated heterocycles. The van der Waals surface area contributed by atoms with E-state index in [1.807, 2.05) is 5.38 Å². The van der Waals surface area contributed by atoms with Gasteiger partial charge in [-0.15, -0.1) is 22.7 Å². The number of anilines is 1. The molecule has 1 aliphatic rings. The quantitative estimate of drug-likeness (QED) is 0.712. The van der Waals surface area contributed by atoms with Crippen molar-refractivity contribution in [2.75, 3.05) is 5.32 Å². The van der Waals surface area contributed by atoms with Crippen LogP contribution in [-0.4, -0.2) is 10.9 Å². The summed E-state index contributed by atoms with van der Waals surface area (Å²) >= 11 is 2.73. The van der Waals surface area contributed by atoms with Crippen LogP contribution in [0.3, 0.4) is 0 Å². The monoisotopic (exact) mass is 344 g/mol. The lowest BCUT2D eigenvalue weighted by Gasteiger charge is -1.99. The third-order valence-electron chi connectivity index (χ3n) is 3.71. The Kier molecular flexibility index (Phi) is 3.71. The van der Waals surface area contributed by atoms with E-state index in [2.05, 4.69) is 10.3 Å². The van der Waals surface area contributed by atoms with Crippen molar-refractivity contribution in [3.05, 3.63) is 58.2 Å². The number of thiophene rings is 1. The normalized spacial score (nSPS) is 14.0. The van der Waals surface area contributed by atoms with Crippen molar-refractivity contribution >= 4 is 33.7 Å². The number of thiazole rings is 1. The summed E-state index contributed by atoms with van der Waals surface area (Å²) < 4.78 is 13.8. The molecule has 0 atom stereocenters. The van der Waals surface area contributed by atoms with Gasteiger partial charge in [-0.25, -0.2) is 9.37 Å². The van der Waals surface area contributed by atoms with Gasteiger partial charge in [0.2, 0.25) is 0 Å². The molecule has 1 fully saturated rings. The Morgan fingerprint density at radius 1 is 1.22 bits per heavy atom. The van der Waals surface area contributed by atoms with Crippen LogP contribution < -0.4 is 5.32 Å². The molecule has 4 rings (SSSR count). The summed E-state index contributed by atoms with van der Waals surface area (Å²) in [7, 11) is 0. The van der Waals surface area contributed by atoms with E-state index in [1.165, 1.54) is 41.6 Å².